The summed E-state index contributed by atoms with van der Waals surface area (Å²) in [5.41, 5.74) is 2.08. The molecule has 0 saturated carbocycles. The van der Waals surface area contributed by atoms with Crippen molar-refractivity contribution in [2.75, 3.05) is 26.6 Å². The molecule has 0 N–H and O–H groups in total. The highest BCUT2D eigenvalue weighted by Crippen LogP contribution is 2.28. The Morgan fingerprint density at radius 1 is 0.886 bits per heavy atom. The number of nitrogens with zero attached hydrogens (tertiary/aromatic N) is 3. The van der Waals surface area contributed by atoms with E-state index in [0.717, 1.165) is 11.3 Å². The number of carbonyl (C=O) groups excluding carboxylic acids is 2. The summed E-state index contributed by atoms with van der Waals surface area (Å²) in [7, 11) is 2.98. The first-order valence-corrected chi connectivity index (χ1v) is 11.7. The van der Waals surface area contributed by atoms with Crippen LogP contribution in [-0.4, -0.2) is 53.1 Å². The second-order valence-corrected chi connectivity index (χ2v) is 8.22. The van der Waals surface area contributed by atoms with Crippen molar-refractivity contribution >= 4 is 23.5 Å². The number of benzene rings is 3. The number of ether oxygens (including phenoxy) is 3. The molecule has 1 heterocycles. The topological polar surface area (TPSA) is 92.5 Å². The van der Waals surface area contributed by atoms with Crippen LogP contribution in [0.3, 0.4) is 0 Å². The van der Waals surface area contributed by atoms with E-state index in [9.17, 15) is 9.59 Å². The molecule has 0 spiro atoms. The molecule has 0 fully saturated rings. The number of para-hydroxylation sites is 1. The number of aromatic nitrogens is 3. The van der Waals surface area contributed by atoms with Gasteiger partial charge >= 0.3 is 5.97 Å². The average Bonchev–Trinajstić information content (AvgIpc) is 3.35. The number of methoxy groups -OCH3 is 2. The fraction of sp³-hybridized carbons (Fsp3) is 0.154. The zero-order chi connectivity index (χ0) is 24.6. The lowest BCUT2D eigenvalue weighted by molar-refractivity contribution is -0.139. The third-order valence-corrected chi connectivity index (χ3v) is 5.97. The molecule has 35 heavy (non-hydrogen) atoms. The van der Waals surface area contributed by atoms with Crippen LogP contribution in [0.1, 0.15) is 10.4 Å². The molecule has 9 heteroatoms. The van der Waals surface area contributed by atoms with Crippen molar-refractivity contribution in [3.63, 3.8) is 0 Å². The molecule has 3 aromatic carbocycles. The van der Waals surface area contributed by atoms with E-state index in [4.69, 9.17) is 14.2 Å². The van der Waals surface area contributed by atoms with Crippen molar-refractivity contribution in [1.29, 1.82) is 0 Å². The standard InChI is InChI=1S/C26H23N3O5S/c1-32-20-13-14-21(23(15-20)33-2)22(30)16-34-24(31)17-35-26-28-27-25(18-9-5-3-6-10-18)29(26)19-11-7-4-8-12-19/h3-15H,16-17H2,1-2H3. The molecular weight excluding hydrogens is 466 g/mol. The second kappa shape index (κ2) is 11.3. The zero-order valence-electron chi connectivity index (χ0n) is 19.2. The number of hydrogen-bond donors (Lipinski definition) is 0. The molecule has 4 aromatic rings. The van der Waals surface area contributed by atoms with Gasteiger partial charge < -0.3 is 14.2 Å². The molecule has 0 amide bonds. The summed E-state index contributed by atoms with van der Waals surface area (Å²) in [6.45, 7) is -0.400. The van der Waals surface area contributed by atoms with E-state index in [0.29, 0.717) is 28.0 Å². The lowest BCUT2D eigenvalue weighted by atomic mass is 10.1. The molecule has 0 unspecified atom stereocenters. The van der Waals surface area contributed by atoms with Crippen LogP contribution in [0.15, 0.2) is 84.0 Å². The Morgan fingerprint density at radius 2 is 1.60 bits per heavy atom. The predicted octanol–water partition coefficient (Wildman–Crippen LogP) is 4.47. The van der Waals surface area contributed by atoms with Crippen molar-refractivity contribution in [3.05, 3.63) is 84.4 Å². The smallest absolute Gasteiger partial charge is 0.316 e. The summed E-state index contributed by atoms with van der Waals surface area (Å²) >= 11 is 1.19. The van der Waals surface area contributed by atoms with Gasteiger partial charge in [0.1, 0.15) is 11.5 Å². The third-order valence-electron chi connectivity index (χ3n) is 5.07. The van der Waals surface area contributed by atoms with Crippen LogP contribution >= 0.6 is 11.8 Å². The van der Waals surface area contributed by atoms with Crippen molar-refractivity contribution in [2.24, 2.45) is 0 Å². The summed E-state index contributed by atoms with van der Waals surface area (Å²) < 4.78 is 17.5. The number of Topliss-reactive ketones (excluding diaryl/α,β-unsaturated/α-hetero) is 1. The van der Waals surface area contributed by atoms with Gasteiger partial charge in [0.2, 0.25) is 5.78 Å². The Kier molecular flexibility index (Phi) is 7.79. The van der Waals surface area contributed by atoms with Gasteiger partial charge in [0.25, 0.3) is 0 Å². The molecule has 8 nitrogen and oxygen atoms in total. The maximum absolute atomic E-state index is 12.6. The van der Waals surface area contributed by atoms with Crippen LogP contribution in [0, 0.1) is 0 Å². The number of thioether (sulfide) groups is 1. The number of hydrogen-bond acceptors (Lipinski definition) is 8. The largest absolute Gasteiger partial charge is 0.497 e. The number of rotatable bonds is 10. The first-order chi connectivity index (χ1) is 17.1. The van der Waals surface area contributed by atoms with Crippen molar-refractivity contribution in [2.45, 2.75) is 5.16 Å². The van der Waals surface area contributed by atoms with Gasteiger partial charge in [0, 0.05) is 17.3 Å². The van der Waals surface area contributed by atoms with Crippen molar-refractivity contribution in [3.8, 4) is 28.6 Å². The van der Waals surface area contributed by atoms with E-state index < -0.39 is 12.6 Å². The van der Waals surface area contributed by atoms with Gasteiger partial charge in [0.15, 0.2) is 17.6 Å². The molecular formula is C26H23N3O5S. The van der Waals surface area contributed by atoms with Crippen molar-refractivity contribution < 1.29 is 23.8 Å². The summed E-state index contributed by atoms with van der Waals surface area (Å²) in [5, 5.41) is 9.18. The van der Waals surface area contributed by atoms with E-state index in [1.807, 2.05) is 65.2 Å². The Labute approximate surface area is 206 Å². The highest BCUT2D eigenvalue weighted by molar-refractivity contribution is 7.99. The maximum atomic E-state index is 12.6. The van der Waals surface area contributed by atoms with Gasteiger partial charge in [0.05, 0.1) is 25.5 Å². The summed E-state index contributed by atoms with van der Waals surface area (Å²) in [6.07, 6.45) is 0. The first-order valence-electron chi connectivity index (χ1n) is 10.7. The SMILES string of the molecule is COc1ccc(C(=O)COC(=O)CSc2nnc(-c3ccccc3)n2-c2ccccc2)c(OC)c1. The summed E-state index contributed by atoms with van der Waals surface area (Å²) in [4.78, 5) is 25.0. The molecule has 1 aromatic heterocycles. The van der Waals surface area contributed by atoms with E-state index >= 15 is 0 Å². The first kappa shape index (κ1) is 24.0. The second-order valence-electron chi connectivity index (χ2n) is 7.28. The minimum atomic E-state index is -0.542. The minimum absolute atomic E-state index is 0.0349. The Balaban J connectivity index is 1.44. The van der Waals surface area contributed by atoms with Crippen molar-refractivity contribution in [1.82, 2.24) is 14.8 Å². The molecule has 0 bridgehead atoms. The van der Waals surface area contributed by atoms with Gasteiger partial charge in [-0.15, -0.1) is 10.2 Å². The number of esters is 1. The normalized spacial score (nSPS) is 10.6. The van der Waals surface area contributed by atoms with E-state index in [2.05, 4.69) is 10.2 Å². The van der Waals surface area contributed by atoms with Gasteiger partial charge in [-0.25, -0.2) is 0 Å². The van der Waals surface area contributed by atoms with Crippen LogP contribution in [-0.2, 0) is 9.53 Å². The Bertz CT molecular complexity index is 1310. The lowest BCUT2D eigenvalue weighted by Crippen LogP contribution is -2.16. The maximum Gasteiger partial charge on any atom is 0.316 e. The average molecular weight is 490 g/mol. The lowest BCUT2D eigenvalue weighted by Gasteiger charge is -2.11. The van der Waals surface area contributed by atoms with Gasteiger partial charge in [-0.05, 0) is 24.3 Å². The zero-order valence-corrected chi connectivity index (χ0v) is 20.0. The molecule has 4 rings (SSSR count). The minimum Gasteiger partial charge on any atom is -0.497 e. The highest BCUT2D eigenvalue weighted by atomic mass is 32.2. The predicted molar refractivity (Wildman–Crippen MR) is 132 cm³/mol. The fourth-order valence-electron chi connectivity index (χ4n) is 3.37. The third kappa shape index (κ3) is 5.70. The monoisotopic (exact) mass is 489 g/mol. The summed E-state index contributed by atoms with van der Waals surface area (Å²) in [6, 6.07) is 24.2. The molecule has 0 aliphatic rings. The van der Waals surface area contributed by atoms with E-state index in [-0.39, 0.29) is 11.5 Å². The van der Waals surface area contributed by atoms with Crippen LogP contribution in [0.25, 0.3) is 17.1 Å². The summed E-state index contributed by atoms with van der Waals surface area (Å²) in [5.74, 6) is 0.622. The number of ketones is 1. The molecule has 0 radical (unpaired) electrons. The van der Waals surface area contributed by atoms with Crippen LogP contribution < -0.4 is 9.47 Å². The van der Waals surface area contributed by atoms with E-state index in [1.54, 1.807) is 18.2 Å². The quantitative estimate of drug-likeness (QED) is 0.183. The van der Waals surface area contributed by atoms with Crippen LogP contribution in [0.4, 0.5) is 0 Å². The molecule has 178 valence electrons. The molecule has 0 aliphatic carbocycles. The highest BCUT2D eigenvalue weighted by Gasteiger charge is 2.19. The Hall–Kier alpha value is -4.11. The molecule has 0 atom stereocenters. The van der Waals surface area contributed by atoms with Crippen LogP contribution in [0.2, 0.25) is 0 Å². The van der Waals surface area contributed by atoms with Gasteiger partial charge in [-0.1, -0.05) is 60.3 Å². The molecule has 0 aliphatic heterocycles. The Morgan fingerprint density at radius 3 is 2.29 bits per heavy atom. The molecule has 0 saturated heterocycles. The number of carbonyl (C=O) groups is 2. The van der Waals surface area contributed by atoms with Crippen LogP contribution in [0.5, 0.6) is 11.5 Å². The van der Waals surface area contributed by atoms with Gasteiger partial charge in [-0.2, -0.15) is 0 Å². The van der Waals surface area contributed by atoms with E-state index in [1.165, 1.54) is 26.0 Å². The van der Waals surface area contributed by atoms with Gasteiger partial charge in [-0.3, -0.25) is 14.2 Å². The fourth-order valence-corrected chi connectivity index (χ4v) is 4.12.